The predicted molar refractivity (Wildman–Crippen MR) is 68.5 cm³/mol. The molecule has 2 atom stereocenters. The minimum atomic E-state index is -0.376. The van der Waals surface area contributed by atoms with Gasteiger partial charge in [0.25, 0.3) is 5.91 Å². The third-order valence-electron chi connectivity index (χ3n) is 2.93. The van der Waals surface area contributed by atoms with Gasteiger partial charge in [-0.05, 0) is 26.0 Å². The van der Waals surface area contributed by atoms with Crippen LogP contribution in [0.25, 0.3) is 0 Å². The van der Waals surface area contributed by atoms with Crippen LogP contribution >= 0.6 is 0 Å². The van der Waals surface area contributed by atoms with Crippen LogP contribution in [-0.4, -0.2) is 42.7 Å². The molecule has 1 aliphatic heterocycles. The fraction of sp³-hybridized carbons (Fsp3) is 0.500. The molecule has 1 heterocycles. The number of carbonyl (C=O) groups excluding carboxylic acids is 1. The van der Waals surface area contributed by atoms with E-state index in [0.29, 0.717) is 18.8 Å². The zero-order valence-corrected chi connectivity index (χ0v) is 11.1. The molecule has 2 unspecified atom stereocenters. The summed E-state index contributed by atoms with van der Waals surface area (Å²) in [5, 5.41) is 0. The number of hydrogen-bond donors (Lipinski definition) is 0. The average Bonchev–Trinajstić information content (AvgIpc) is 2.35. The van der Waals surface area contributed by atoms with Gasteiger partial charge in [0.1, 0.15) is 11.6 Å². The van der Waals surface area contributed by atoms with E-state index in [9.17, 15) is 9.18 Å². The molecule has 5 heteroatoms. The maximum atomic E-state index is 13.0. The van der Waals surface area contributed by atoms with Gasteiger partial charge in [-0.25, -0.2) is 4.39 Å². The van der Waals surface area contributed by atoms with E-state index in [1.54, 1.807) is 17.0 Å². The minimum Gasteiger partial charge on any atom is -0.484 e. The maximum Gasteiger partial charge on any atom is 0.260 e. The molecule has 0 N–H and O–H groups in total. The van der Waals surface area contributed by atoms with Crippen molar-refractivity contribution in [1.82, 2.24) is 4.90 Å². The normalized spacial score (nSPS) is 23.2. The number of carbonyl (C=O) groups is 1. The highest BCUT2D eigenvalue weighted by molar-refractivity contribution is 5.78. The second-order valence-corrected chi connectivity index (χ2v) is 4.80. The first-order valence-corrected chi connectivity index (χ1v) is 6.36. The predicted octanol–water partition coefficient (Wildman–Crippen LogP) is 1.84. The first-order valence-electron chi connectivity index (χ1n) is 6.36. The van der Waals surface area contributed by atoms with E-state index < -0.39 is 0 Å². The molecule has 0 radical (unpaired) electrons. The summed E-state index contributed by atoms with van der Waals surface area (Å²) >= 11 is 0. The number of hydrogen-bond acceptors (Lipinski definition) is 3. The van der Waals surface area contributed by atoms with Gasteiger partial charge in [0.2, 0.25) is 0 Å². The second kappa shape index (κ2) is 6.02. The van der Waals surface area contributed by atoms with E-state index in [-0.39, 0.29) is 30.5 Å². The van der Waals surface area contributed by atoms with Crippen molar-refractivity contribution in [3.63, 3.8) is 0 Å². The Morgan fingerprint density at radius 3 is 2.74 bits per heavy atom. The zero-order valence-electron chi connectivity index (χ0n) is 11.1. The summed E-state index contributed by atoms with van der Waals surface area (Å²) in [5.41, 5.74) is 0. The van der Waals surface area contributed by atoms with Gasteiger partial charge in [-0.3, -0.25) is 4.79 Å². The Bertz CT molecular complexity index is 442. The fourth-order valence-corrected chi connectivity index (χ4v) is 2.17. The quantitative estimate of drug-likeness (QED) is 0.839. The van der Waals surface area contributed by atoms with Gasteiger partial charge in [0.15, 0.2) is 6.61 Å². The van der Waals surface area contributed by atoms with Crippen LogP contribution in [0, 0.1) is 5.82 Å². The molecule has 19 heavy (non-hydrogen) atoms. The van der Waals surface area contributed by atoms with Crippen LogP contribution in [0.1, 0.15) is 13.8 Å². The SMILES string of the molecule is CC1CN(C(=O)COc2cccc(F)c2)CC(C)O1. The number of rotatable bonds is 3. The van der Waals surface area contributed by atoms with Crippen LogP contribution in [0.5, 0.6) is 5.75 Å². The summed E-state index contributed by atoms with van der Waals surface area (Å²) in [6.45, 7) is 4.92. The first-order chi connectivity index (χ1) is 9.04. The van der Waals surface area contributed by atoms with E-state index >= 15 is 0 Å². The van der Waals surface area contributed by atoms with Gasteiger partial charge >= 0.3 is 0 Å². The Balaban J connectivity index is 1.87. The van der Waals surface area contributed by atoms with E-state index in [1.807, 2.05) is 13.8 Å². The lowest BCUT2D eigenvalue weighted by molar-refractivity contribution is -0.145. The highest BCUT2D eigenvalue weighted by Crippen LogP contribution is 2.14. The zero-order chi connectivity index (χ0) is 13.8. The summed E-state index contributed by atoms with van der Waals surface area (Å²) in [5.74, 6) is -0.118. The van der Waals surface area contributed by atoms with Gasteiger partial charge in [-0.2, -0.15) is 0 Å². The number of nitrogens with zero attached hydrogens (tertiary/aromatic N) is 1. The maximum absolute atomic E-state index is 13.0. The molecule has 0 aliphatic carbocycles. The molecule has 1 aromatic carbocycles. The molecule has 0 aromatic heterocycles. The van der Waals surface area contributed by atoms with E-state index in [4.69, 9.17) is 9.47 Å². The lowest BCUT2D eigenvalue weighted by atomic mass is 10.2. The molecule has 1 saturated heterocycles. The lowest BCUT2D eigenvalue weighted by Gasteiger charge is -2.35. The number of ether oxygens (including phenoxy) is 2. The minimum absolute atomic E-state index is 0.0295. The highest BCUT2D eigenvalue weighted by Gasteiger charge is 2.25. The van der Waals surface area contributed by atoms with Crippen molar-refractivity contribution in [3.8, 4) is 5.75 Å². The summed E-state index contributed by atoms with van der Waals surface area (Å²) in [7, 11) is 0. The van der Waals surface area contributed by atoms with Crippen molar-refractivity contribution in [2.24, 2.45) is 0 Å². The Labute approximate surface area is 112 Å². The van der Waals surface area contributed by atoms with Gasteiger partial charge in [0.05, 0.1) is 12.2 Å². The van der Waals surface area contributed by atoms with Gasteiger partial charge < -0.3 is 14.4 Å². The summed E-state index contributed by atoms with van der Waals surface area (Å²) in [6.07, 6.45) is 0.0590. The first kappa shape index (κ1) is 13.8. The Morgan fingerprint density at radius 1 is 1.42 bits per heavy atom. The number of morpholine rings is 1. The van der Waals surface area contributed by atoms with Crippen molar-refractivity contribution >= 4 is 5.91 Å². The fourth-order valence-electron chi connectivity index (χ4n) is 2.17. The summed E-state index contributed by atoms with van der Waals surface area (Å²) < 4.78 is 23.8. The number of amides is 1. The molecule has 1 fully saturated rings. The second-order valence-electron chi connectivity index (χ2n) is 4.80. The molecule has 1 amide bonds. The largest absolute Gasteiger partial charge is 0.484 e. The van der Waals surface area contributed by atoms with Crippen molar-refractivity contribution in [1.29, 1.82) is 0 Å². The lowest BCUT2D eigenvalue weighted by Crippen LogP contribution is -2.49. The molecule has 4 nitrogen and oxygen atoms in total. The molecule has 0 spiro atoms. The van der Waals surface area contributed by atoms with Gasteiger partial charge in [-0.1, -0.05) is 6.07 Å². The number of benzene rings is 1. The van der Waals surface area contributed by atoms with Crippen LogP contribution in [0.3, 0.4) is 0 Å². The molecular formula is C14H18FNO3. The highest BCUT2D eigenvalue weighted by atomic mass is 19.1. The smallest absolute Gasteiger partial charge is 0.260 e. The third-order valence-corrected chi connectivity index (χ3v) is 2.93. The molecule has 0 saturated carbocycles. The van der Waals surface area contributed by atoms with Crippen LogP contribution in [0.4, 0.5) is 4.39 Å². The molecule has 1 aromatic rings. The van der Waals surface area contributed by atoms with Crippen molar-refractivity contribution < 1.29 is 18.7 Å². The molecular weight excluding hydrogens is 249 g/mol. The van der Waals surface area contributed by atoms with Crippen LogP contribution in [-0.2, 0) is 9.53 Å². The Kier molecular flexibility index (Phi) is 4.37. The van der Waals surface area contributed by atoms with Gasteiger partial charge in [-0.15, -0.1) is 0 Å². The van der Waals surface area contributed by atoms with Crippen molar-refractivity contribution in [2.45, 2.75) is 26.1 Å². The average molecular weight is 267 g/mol. The van der Waals surface area contributed by atoms with Crippen LogP contribution < -0.4 is 4.74 Å². The summed E-state index contributed by atoms with van der Waals surface area (Å²) in [4.78, 5) is 13.7. The standard InChI is InChI=1S/C14H18FNO3/c1-10-7-16(8-11(2)19-10)14(17)9-18-13-5-3-4-12(15)6-13/h3-6,10-11H,7-9H2,1-2H3. The molecule has 1 aliphatic rings. The Hall–Kier alpha value is -1.62. The van der Waals surface area contributed by atoms with Crippen molar-refractivity contribution in [3.05, 3.63) is 30.1 Å². The van der Waals surface area contributed by atoms with Gasteiger partial charge in [0, 0.05) is 19.2 Å². The number of halogens is 1. The van der Waals surface area contributed by atoms with Crippen LogP contribution in [0.15, 0.2) is 24.3 Å². The molecule has 0 bridgehead atoms. The third kappa shape index (κ3) is 3.92. The summed E-state index contributed by atoms with van der Waals surface area (Å²) in [6, 6.07) is 5.77. The van der Waals surface area contributed by atoms with E-state index in [1.165, 1.54) is 12.1 Å². The van der Waals surface area contributed by atoms with E-state index in [0.717, 1.165) is 0 Å². The molecule has 104 valence electrons. The van der Waals surface area contributed by atoms with Crippen LogP contribution in [0.2, 0.25) is 0 Å². The Morgan fingerprint density at radius 2 is 2.11 bits per heavy atom. The van der Waals surface area contributed by atoms with Crippen molar-refractivity contribution in [2.75, 3.05) is 19.7 Å². The van der Waals surface area contributed by atoms with E-state index in [2.05, 4.69) is 0 Å². The monoisotopic (exact) mass is 267 g/mol. The topological polar surface area (TPSA) is 38.8 Å². The molecule has 2 rings (SSSR count).